The standard InChI is InChI=1S/C32H47F4N3O/c1-3-5-7-9-11-12-14-16-25-19-18-24-20-28(39-30(34)29(24)32(25,35)36)31-37-21-27(22-38-31)40-23-26(33)17-15-13-10-8-6-4-2/h20-22,25-26H,3-19,23H2,1-2H3. The zero-order valence-corrected chi connectivity index (χ0v) is 24.4. The highest BCUT2D eigenvalue weighted by Crippen LogP contribution is 2.47. The Kier molecular flexibility index (Phi) is 13.6. The van der Waals surface area contributed by atoms with Crippen molar-refractivity contribution in [2.45, 2.75) is 135 Å². The first kappa shape index (κ1) is 32.3. The molecule has 0 saturated heterocycles. The molecular formula is C32H47F4N3O. The van der Waals surface area contributed by atoms with Crippen LogP contribution in [-0.2, 0) is 12.3 Å². The van der Waals surface area contributed by atoms with E-state index in [0.717, 1.165) is 44.9 Å². The molecule has 2 aromatic heterocycles. The van der Waals surface area contributed by atoms with E-state index in [1.165, 1.54) is 57.0 Å². The fourth-order valence-corrected chi connectivity index (χ4v) is 5.55. The minimum atomic E-state index is -3.25. The molecule has 3 rings (SSSR count). The molecule has 1 aliphatic carbocycles. The van der Waals surface area contributed by atoms with E-state index in [-0.39, 0.29) is 23.7 Å². The number of pyridine rings is 1. The number of unbranched alkanes of at least 4 members (excludes halogenated alkanes) is 11. The van der Waals surface area contributed by atoms with Gasteiger partial charge in [0.15, 0.2) is 11.6 Å². The van der Waals surface area contributed by atoms with Gasteiger partial charge in [0.05, 0.1) is 18.0 Å². The molecule has 4 nitrogen and oxygen atoms in total. The molecule has 8 heteroatoms. The van der Waals surface area contributed by atoms with E-state index in [1.807, 2.05) is 0 Å². The Morgan fingerprint density at radius 1 is 0.900 bits per heavy atom. The van der Waals surface area contributed by atoms with Gasteiger partial charge in [-0.05, 0) is 37.3 Å². The van der Waals surface area contributed by atoms with E-state index >= 15 is 13.2 Å². The highest BCUT2D eigenvalue weighted by Gasteiger charge is 2.47. The minimum absolute atomic E-state index is 0.0848. The van der Waals surface area contributed by atoms with Crippen molar-refractivity contribution in [1.82, 2.24) is 15.0 Å². The van der Waals surface area contributed by atoms with Crippen LogP contribution in [0.25, 0.3) is 11.5 Å². The van der Waals surface area contributed by atoms with Crippen molar-refractivity contribution in [1.29, 1.82) is 0 Å². The third-order valence-corrected chi connectivity index (χ3v) is 7.98. The fraction of sp³-hybridized carbons (Fsp3) is 0.719. The van der Waals surface area contributed by atoms with Crippen molar-refractivity contribution >= 4 is 0 Å². The van der Waals surface area contributed by atoms with E-state index < -0.39 is 29.5 Å². The lowest BCUT2D eigenvalue weighted by Crippen LogP contribution is -2.33. The first-order valence-corrected chi connectivity index (χ1v) is 15.5. The maximum Gasteiger partial charge on any atom is 0.280 e. The van der Waals surface area contributed by atoms with Gasteiger partial charge in [0.2, 0.25) is 5.95 Å². The normalized spacial score (nSPS) is 17.0. The molecule has 0 radical (unpaired) electrons. The molecule has 0 saturated carbocycles. The molecule has 2 atom stereocenters. The lowest BCUT2D eigenvalue weighted by molar-refractivity contribution is -0.0824. The van der Waals surface area contributed by atoms with Crippen LogP contribution < -0.4 is 4.74 Å². The van der Waals surface area contributed by atoms with Gasteiger partial charge in [-0.25, -0.2) is 28.1 Å². The molecule has 0 N–H and O–H groups in total. The van der Waals surface area contributed by atoms with Crippen LogP contribution in [0.1, 0.15) is 128 Å². The molecule has 0 aromatic carbocycles. The molecule has 224 valence electrons. The van der Waals surface area contributed by atoms with E-state index in [2.05, 4.69) is 28.8 Å². The molecule has 0 aliphatic heterocycles. The average molecular weight is 566 g/mol. The Bertz CT molecular complexity index is 1000. The maximum absolute atomic E-state index is 15.3. The molecule has 0 spiro atoms. The van der Waals surface area contributed by atoms with Gasteiger partial charge < -0.3 is 4.74 Å². The number of hydrogen-bond donors (Lipinski definition) is 0. The summed E-state index contributed by atoms with van der Waals surface area (Å²) in [4.78, 5) is 12.2. The Morgan fingerprint density at radius 3 is 2.15 bits per heavy atom. The summed E-state index contributed by atoms with van der Waals surface area (Å²) in [5, 5.41) is 0. The monoisotopic (exact) mass is 565 g/mol. The number of alkyl halides is 3. The number of aryl methyl sites for hydroxylation is 1. The molecule has 2 aromatic rings. The second-order valence-electron chi connectivity index (χ2n) is 11.3. The molecule has 0 amide bonds. The van der Waals surface area contributed by atoms with Gasteiger partial charge in [-0.15, -0.1) is 0 Å². The highest BCUT2D eigenvalue weighted by atomic mass is 19.3. The quantitative estimate of drug-likeness (QED) is 0.0966. The van der Waals surface area contributed by atoms with Crippen molar-refractivity contribution in [3.8, 4) is 17.3 Å². The van der Waals surface area contributed by atoms with Crippen LogP contribution in [0.15, 0.2) is 18.5 Å². The van der Waals surface area contributed by atoms with Crippen LogP contribution in [0.2, 0.25) is 0 Å². The molecule has 0 fully saturated rings. The van der Waals surface area contributed by atoms with E-state index in [0.29, 0.717) is 31.4 Å². The highest BCUT2D eigenvalue weighted by molar-refractivity contribution is 5.53. The molecule has 0 bridgehead atoms. The summed E-state index contributed by atoms with van der Waals surface area (Å²) in [6, 6.07) is 1.48. The molecule has 2 heterocycles. The van der Waals surface area contributed by atoms with Crippen LogP contribution in [0.5, 0.6) is 5.75 Å². The summed E-state index contributed by atoms with van der Waals surface area (Å²) in [7, 11) is 0. The number of rotatable bonds is 19. The number of fused-ring (bicyclic) bond motifs is 1. The van der Waals surface area contributed by atoms with Gasteiger partial charge in [-0.2, -0.15) is 4.39 Å². The Labute approximate surface area is 237 Å². The molecule has 2 unspecified atom stereocenters. The van der Waals surface area contributed by atoms with Crippen LogP contribution in [0.3, 0.4) is 0 Å². The van der Waals surface area contributed by atoms with Gasteiger partial charge in [-0.1, -0.05) is 97.3 Å². The smallest absolute Gasteiger partial charge is 0.280 e. The van der Waals surface area contributed by atoms with Crippen LogP contribution >= 0.6 is 0 Å². The van der Waals surface area contributed by atoms with Crippen molar-refractivity contribution in [2.75, 3.05) is 6.61 Å². The van der Waals surface area contributed by atoms with Crippen LogP contribution in [0.4, 0.5) is 17.6 Å². The second-order valence-corrected chi connectivity index (χ2v) is 11.3. The Morgan fingerprint density at radius 2 is 1.50 bits per heavy atom. The predicted molar refractivity (Wildman–Crippen MR) is 152 cm³/mol. The molecule has 1 aliphatic rings. The summed E-state index contributed by atoms with van der Waals surface area (Å²) in [5.41, 5.74) is -0.201. The van der Waals surface area contributed by atoms with E-state index in [9.17, 15) is 4.39 Å². The van der Waals surface area contributed by atoms with Crippen molar-refractivity contribution < 1.29 is 22.3 Å². The Balaban J connectivity index is 1.51. The first-order chi connectivity index (χ1) is 19.4. The summed E-state index contributed by atoms with van der Waals surface area (Å²) >= 11 is 0. The summed E-state index contributed by atoms with van der Waals surface area (Å²) in [6.45, 7) is 4.25. The Hall–Kier alpha value is -2.25. The third kappa shape index (κ3) is 9.69. The zero-order chi connectivity index (χ0) is 28.8. The minimum Gasteiger partial charge on any atom is -0.487 e. The number of hydrogen-bond acceptors (Lipinski definition) is 4. The summed E-state index contributed by atoms with van der Waals surface area (Å²) < 4.78 is 65.3. The number of halogens is 4. The summed E-state index contributed by atoms with van der Waals surface area (Å²) in [5.74, 6) is -4.85. The van der Waals surface area contributed by atoms with Crippen molar-refractivity contribution in [3.63, 3.8) is 0 Å². The van der Waals surface area contributed by atoms with Crippen LogP contribution in [0, 0.1) is 11.9 Å². The van der Waals surface area contributed by atoms with Crippen molar-refractivity contribution in [2.24, 2.45) is 5.92 Å². The lowest BCUT2D eigenvalue weighted by Gasteiger charge is -2.33. The van der Waals surface area contributed by atoms with Crippen LogP contribution in [-0.4, -0.2) is 27.7 Å². The van der Waals surface area contributed by atoms with Gasteiger partial charge in [0.1, 0.15) is 18.5 Å². The van der Waals surface area contributed by atoms with Gasteiger partial charge in [-0.3, -0.25) is 0 Å². The fourth-order valence-electron chi connectivity index (χ4n) is 5.55. The molecule has 40 heavy (non-hydrogen) atoms. The van der Waals surface area contributed by atoms with Gasteiger partial charge >= 0.3 is 0 Å². The topological polar surface area (TPSA) is 47.9 Å². The average Bonchev–Trinajstić information content (AvgIpc) is 2.94. The SMILES string of the molecule is CCCCCCCCCC1CCc2cc(-c3ncc(OCC(F)CCCCCCCC)cn3)nc(F)c2C1(F)F. The number of aromatic nitrogens is 3. The first-order valence-electron chi connectivity index (χ1n) is 15.5. The molecular weight excluding hydrogens is 518 g/mol. The van der Waals surface area contributed by atoms with E-state index in [4.69, 9.17) is 4.74 Å². The van der Waals surface area contributed by atoms with Crippen molar-refractivity contribution in [3.05, 3.63) is 35.5 Å². The zero-order valence-electron chi connectivity index (χ0n) is 24.4. The van der Waals surface area contributed by atoms with Gasteiger partial charge in [0, 0.05) is 5.92 Å². The van der Waals surface area contributed by atoms with Gasteiger partial charge in [0.25, 0.3) is 5.92 Å². The lowest BCUT2D eigenvalue weighted by atomic mass is 9.78. The number of ether oxygens (including phenoxy) is 1. The largest absolute Gasteiger partial charge is 0.487 e. The van der Waals surface area contributed by atoms with E-state index in [1.54, 1.807) is 0 Å². The summed E-state index contributed by atoms with van der Waals surface area (Å²) in [6.07, 6.45) is 17.3. The number of nitrogens with zero attached hydrogens (tertiary/aromatic N) is 3. The maximum atomic E-state index is 15.3. The second kappa shape index (κ2) is 16.9. The third-order valence-electron chi connectivity index (χ3n) is 7.98. The predicted octanol–water partition coefficient (Wildman–Crippen LogP) is 9.94.